The quantitative estimate of drug-likeness (QED) is 0.589. The maximum Gasteiger partial charge on any atom is 0.247 e. The van der Waals surface area contributed by atoms with E-state index >= 15 is 0 Å². The molecule has 0 aromatic heterocycles. The van der Waals surface area contributed by atoms with Crippen LogP contribution < -0.4 is 4.74 Å². The summed E-state index contributed by atoms with van der Waals surface area (Å²) >= 11 is 0. The Morgan fingerprint density at radius 3 is 2.22 bits per heavy atom. The molecular formula is C23H27N3O5S. The van der Waals surface area contributed by atoms with Crippen molar-refractivity contribution in [2.45, 2.75) is 30.8 Å². The fourth-order valence-electron chi connectivity index (χ4n) is 4.16. The van der Waals surface area contributed by atoms with Gasteiger partial charge >= 0.3 is 0 Å². The largest absolute Gasteiger partial charge is 0.494 e. The van der Waals surface area contributed by atoms with Crippen LogP contribution in [0.2, 0.25) is 0 Å². The predicted octanol–water partition coefficient (Wildman–Crippen LogP) is 1.72. The van der Waals surface area contributed by atoms with Gasteiger partial charge in [0, 0.05) is 26.2 Å². The van der Waals surface area contributed by atoms with Gasteiger partial charge in [0.2, 0.25) is 21.8 Å². The highest BCUT2D eigenvalue weighted by molar-refractivity contribution is 7.89. The van der Waals surface area contributed by atoms with Gasteiger partial charge in [-0.15, -0.1) is 0 Å². The zero-order chi connectivity index (χ0) is 22.7. The number of sulfonamides is 1. The molecular weight excluding hydrogens is 430 g/mol. The number of rotatable bonds is 7. The van der Waals surface area contributed by atoms with Crippen molar-refractivity contribution in [2.75, 3.05) is 32.8 Å². The van der Waals surface area contributed by atoms with Crippen LogP contribution in [0.3, 0.4) is 0 Å². The molecule has 0 saturated carbocycles. The molecule has 0 bridgehead atoms. The van der Waals surface area contributed by atoms with E-state index < -0.39 is 16.1 Å². The minimum atomic E-state index is -3.63. The highest BCUT2D eigenvalue weighted by Crippen LogP contribution is 2.25. The van der Waals surface area contributed by atoms with E-state index in [1.807, 2.05) is 42.2 Å². The van der Waals surface area contributed by atoms with Crippen molar-refractivity contribution in [3.8, 4) is 5.75 Å². The Labute approximate surface area is 188 Å². The molecule has 32 heavy (non-hydrogen) atoms. The molecule has 2 amide bonds. The van der Waals surface area contributed by atoms with E-state index in [9.17, 15) is 18.0 Å². The van der Waals surface area contributed by atoms with Crippen LogP contribution in [0.1, 0.15) is 18.9 Å². The van der Waals surface area contributed by atoms with Gasteiger partial charge in [-0.25, -0.2) is 8.42 Å². The number of imide groups is 1. The average molecular weight is 458 g/mol. The predicted molar refractivity (Wildman–Crippen MR) is 118 cm³/mol. The molecule has 4 rings (SSSR count). The third-order valence-electron chi connectivity index (χ3n) is 5.89. The van der Waals surface area contributed by atoms with E-state index in [4.69, 9.17) is 4.74 Å². The molecule has 0 N–H and O–H groups in total. The van der Waals surface area contributed by atoms with Crippen LogP contribution in [-0.2, 0) is 26.2 Å². The zero-order valence-corrected chi connectivity index (χ0v) is 18.8. The number of benzene rings is 2. The van der Waals surface area contributed by atoms with Gasteiger partial charge < -0.3 is 4.74 Å². The Morgan fingerprint density at radius 2 is 1.59 bits per heavy atom. The van der Waals surface area contributed by atoms with Crippen molar-refractivity contribution < 1.29 is 22.7 Å². The van der Waals surface area contributed by atoms with Crippen LogP contribution in [0.5, 0.6) is 5.75 Å². The number of amides is 2. The Bertz CT molecular complexity index is 1060. The third-order valence-corrected chi connectivity index (χ3v) is 7.80. The summed E-state index contributed by atoms with van der Waals surface area (Å²) in [5.74, 6) is 0.232. The lowest BCUT2D eigenvalue weighted by atomic mass is 10.2. The van der Waals surface area contributed by atoms with Crippen molar-refractivity contribution in [3.63, 3.8) is 0 Å². The lowest BCUT2D eigenvalue weighted by Crippen LogP contribution is -2.53. The summed E-state index contributed by atoms with van der Waals surface area (Å²) in [7, 11) is -3.63. The lowest BCUT2D eigenvalue weighted by Gasteiger charge is -2.36. The second kappa shape index (κ2) is 9.40. The molecule has 2 aliphatic rings. The van der Waals surface area contributed by atoms with Crippen LogP contribution >= 0.6 is 0 Å². The Hall–Kier alpha value is -2.75. The SMILES string of the molecule is CCOc1ccc(S(=O)(=O)N2CCN(C3CC(=O)N(Cc4ccccc4)C3=O)CC2)cc1. The van der Waals surface area contributed by atoms with Gasteiger partial charge in [-0.05, 0) is 36.8 Å². The van der Waals surface area contributed by atoms with Crippen molar-refractivity contribution in [2.24, 2.45) is 0 Å². The van der Waals surface area contributed by atoms with E-state index in [0.29, 0.717) is 25.4 Å². The van der Waals surface area contributed by atoms with E-state index in [1.165, 1.54) is 9.21 Å². The first-order valence-electron chi connectivity index (χ1n) is 10.8. The van der Waals surface area contributed by atoms with Crippen LogP contribution in [0, 0.1) is 0 Å². The minimum Gasteiger partial charge on any atom is -0.494 e. The van der Waals surface area contributed by atoms with E-state index in [0.717, 1.165) is 5.56 Å². The molecule has 2 aliphatic heterocycles. The average Bonchev–Trinajstić information content (AvgIpc) is 3.09. The van der Waals surface area contributed by atoms with Gasteiger partial charge in [0.15, 0.2) is 0 Å². The number of nitrogens with zero attached hydrogens (tertiary/aromatic N) is 3. The molecule has 1 unspecified atom stereocenters. The van der Waals surface area contributed by atoms with Crippen molar-refractivity contribution in [3.05, 3.63) is 60.2 Å². The molecule has 2 fully saturated rings. The smallest absolute Gasteiger partial charge is 0.247 e. The highest BCUT2D eigenvalue weighted by atomic mass is 32.2. The molecule has 2 saturated heterocycles. The molecule has 2 aromatic rings. The first kappa shape index (κ1) is 22.4. The second-order valence-electron chi connectivity index (χ2n) is 7.87. The molecule has 0 radical (unpaired) electrons. The second-order valence-corrected chi connectivity index (χ2v) is 9.81. The molecule has 8 nitrogen and oxygen atoms in total. The fraction of sp³-hybridized carbons (Fsp3) is 0.391. The number of hydrogen-bond acceptors (Lipinski definition) is 6. The number of carbonyl (C=O) groups excluding carboxylic acids is 2. The summed E-state index contributed by atoms with van der Waals surface area (Å²) < 4.78 is 32.8. The van der Waals surface area contributed by atoms with Gasteiger partial charge in [0.1, 0.15) is 5.75 Å². The maximum absolute atomic E-state index is 13.0. The molecule has 0 spiro atoms. The standard InChI is InChI=1S/C23H27N3O5S/c1-2-31-19-8-10-20(11-9-19)32(29,30)25-14-12-24(13-15-25)21-16-22(27)26(23(21)28)17-18-6-4-3-5-7-18/h3-11,21H,2,12-17H2,1H3. The normalized spacial score (nSPS) is 20.7. The lowest BCUT2D eigenvalue weighted by molar-refractivity contribution is -0.140. The molecule has 9 heteroatoms. The van der Waals surface area contributed by atoms with Crippen LogP contribution in [-0.4, -0.2) is 73.2 Å². The van der Waals surface area contributed by atoms with Gasteiger partial charge in [0.25, 0.3) is 0 Å². The van der Waals surface area contributed by atoms with Crippen molar-refractivity contribution in [1.29, 1.82) is 0 Å². The molecule has 0 aliphatic carbocycles. The van der Waals surface area contributed by atoms with Crippen LogP contribution in [0.4, 0.5) is 0 Å². The summed E-state index contributed by atoms with van der Waals surface area (Å²) in [4.78, 5) is 28.9. The van der Waals surface area contributed by atoms with Crippen molar-refractivity contribution in [1.82, 2.24) is 14.1 Å². The van der Waals surface area contributed by atoms with Gasteiger partial charge in [-0.1, -0.05) is 30.3 Å². The summed E-state index contributed by atoms with van der Waals surface area (Å²) in [6.07, 6.45) is 0.136. The molecule has 2 heterocycles. The molecule has 1 atom stereocenters. The van der Waals surface area contributed by atoms with Crippen molar-refractivity contribution >= 4 is 21.8 Å². The summed E-state index contributed by atoms with van der Waals surface area (Å²) in [5, 5.41) is 0. The minimum absolute atomic E-state index is 0.136. The van der Waals surface area contributed by atoms with Crippen LogP contribution in [0.15, 0.2) is 59.5 Å². The Morgan fingerprint density at radius 1 is 0.938 bits per heavy atom. The Balaban J connectivity index is 1.38. The summed E-state index contributed by atoms with van der Waals surface area (Å²) in [6, 6.07) is 15.3. The molecule has 2 aromatic carbocycles. The summed E-state index contributed by atoms with van der Waals surface area (Å²) in [6.45, 7) is 3.99. The maximum atomic E-state index is 13.0. The van der Waals surface area contributed by atoms with Gasteiger partial charge in [0.05, 0.1) is 30.5 Å². The number of likely N-dealkylation sites (tertiary alicyclic amines) is 1. The highest BCUT2D eigenvalue weighted by Gasteiger charge is 2.43. The number of ether oxygens (including phenoxy) is 1. The van der Waals surface area contributed by atoms with Gasteiger partial charge in [-0.2, -0.15) is 4.31 Å². The van der Waals surface area contributed by atoms with E-state index in [2.05, 4.69) is 0 Å². The topological polar surface area (TPSA) is 87.2 Å². The van der Waals surface area contributed by atoms with Gasteiger partial charge in [-0.3, -0.25) is 19.4 Å². The number of piperazine rings is 1. The number of hydrogen-bond donors (Lipinski definition) is 0. The number of carbonyl (C=O) groups is 2. The van der Waals surface area contributed by atoms with E-state index in [-0.39, 0.29) is 42.8 Å². The monoisotopic (exact) mass is 457 g/mol. The Kier molecular flexibility index (Phi) is 6.59. The van der Waals surface area contributed by atoms with Crippen LogP contribution in [0.25, 0.3) is 0 Å². The fourth-order valence-corrected chi connectivity index (χ4v) is 5.58. The zero-order valence-electron chi connectivity index (χ0n) is 18.0. The van der Waals surface area contributed by atoms with E-state index in [1.54, 1.807) is 24.3 Å². The first-order chi connectivity index (χ1) is 15.4. The first-order valence-corrected chi connectivity index (χ1v) is 12.2. The summed E-state index contributed by atoms with van der Waals surface area (Å²) in [5.41, 5.74) is 0.904. The third kappa shape index (κ3) is 4.55. The molecule has 170 valence electrons.